The van der Waals surface area contributed by atoms with Crippen molar-refractivity contribution in [3.63, 3.8) is 0 Å². The molecule has 0 fully saturated rings. The third-order valence-corrected chi connectivity index (χ3v) is 4.79. The van der Waals surface area contributed by atoms with E-state index in [0.717, 1.165) is 12.8 Å². The van der Waals surface area contributed by atoms with Crippen molar-refractivity contribution in [2.75, 3.05) is 0 Å². The molecule has 0 radical (unpaired) electrons. The van der Waals surface area contributed by atoms with Crippen LogP contribution >= 0.6 is 0 Å². The average molecular weight is 337 g/mol. The molecule has 24 heavy (non-hydrogen) atoms. The lowest BCUT2D eigenvalue weighted by atomic mass is 10.0. The number of Topliss-reactive ketones (excluding diaryl/α,β-unsaturated/α-hetero) is 1. The van der Waals surface area contributed by atoms with Crippen molar-refractivity contribution < 1.29 is 4.79 Å². The smallest absolute Gasteiger partial charge is 0.129 e. The first kappa shape index (κ1) is 23.4. The molecule has 0 saturated carbocycles. The summed E-state index contributed by atoms with van der Waals surface area (Å²) in [6, 6.07) is 0. The zero-order valence-electron chi connectivity index (χ0n) is 16.8. The number of carbonyl (C=O) groups excluding carboxylic acids is 1. The molecular weight excluding hydrogens is 292 g/mol. The Hall–Kier alpha value is -0.590. The van der Waals surface area contributed by atoms with Crippen molar-refractivity contribution >= 4 is 5.78 Å². The number of rotatable bonds is 19. The molecule has 0 spiro atoms. The summed E-state index contributed by atoms with van der Waals surface area (Å²) >= 11 is 0. The van der Waals surface area contributed by atoms with Crippen LogP contribution in [0, 0.1) is 0 Å². The van der Waals surface area contributed by atoms with Gasteiger partial charge in [0.25, 0.3) is 0 Å². The molecule has 0 unspecified atom stereocenters. The molecule has 0 saturated heterocycles. The molecule has 0 atom stereocenters. The number of carbonyl (C=O) groups is 1. The van der Waals surface area contributed by atoms with Gasteiger partial charge < -0.3 is 4.79 Å². The van der Waals surface area contributed by atoms with Crippen molar-refractivity contribution in [2.24, 2.45) is 0 Å². The van der Waals surface area contributed by atoms with E-state index in [4.69, 9.17) is 0 Å². The Morgan fingerprint density at radius 3 is 1.38 bits per heavy atom. The monoisotopic (exact) mass is 336 g/mol. The number of allylic oxidation sites excluding steroid dienone is 2. The van der Waals surface area contributed by atoms with Crippen LogP contribution in [0.15, 0.2) is 12.2 Å². The Labute approximate surface area is 152 Å². The van der Waals surface area contributed by atoms with Crippen molar-refractivity contribution in [1.29, 1.82) is 0 Å². The van der Waals surface area contributed by atoms with Crippen LogP contribution in [0.1, 0.15) is 129 Å². The van der Waals surface area contributed by atoms with Crippen LogP contribution in [0.4, 0.5) is 0 Å². The van der Waals surface area contributed by atoms with Crippen LogP contribution in [0.25, 0.3) is 0 Å². The van der Waals surface area contributed by atoms with Crippen molar-refractivity contribution in [1.82, 2.24) is 0 Å². The Balaban J connectivity index is 3.06. The Morgan fingerprint density at radius 1 is 0.583 bits per heavy atom. The van der Waals surface area contributed by atoms with Gasteiger partial charge in [-0.25, -0.2) is 0 Å². The lowest BCUT2D eigenvalue weighted by Crippen LogP contribution is -1.89. The Kier molecular flexibility index (Phi) is 20.0. The van der Waals surface area contributed by atoms with Crippen LogP contribution in [0.5, 0.6) is 0 Å². The highest BCUT2D eigenvalue weighted by atomic mass is 16.1. The summed E-state index contributed by atoms with van der Waals surface area (Å²) < 4.78 is 0. The van der Waals surface area contributed by atoms with E-state index in [1.54, 1.807) is 6.92 Å². The summed E-state index contributed by atoms with van der Waals surface area (Å²) in [6.45, 7) is 3.98. The number of hydrogen-bond acceptors (Lipinski definition) is 1. The van der Waals surface area contributed by atoms with E-state index >= 15 is 0 Å². The lowest BCUT2D eigenvalue weighted by molar-refractivity contribution is -0.117. The second kappa shape index (κ2) is 20.5. The van der Waals surface area contributed by atoms with E-state index in [1.165, 1.54) is 103 Å². The molecule has 1 nitrogen and oxygen atoms in total. The predicted octanol–water partition coefficient (Wildman–Crippen LogP) is 8.17. The van der Waals surface area contributed by atoms with E-state index in [9.17, 15) is 4.79 Å². The van der Waals surface area contributed by atoms with Crippen LogP contribution in [-0.2, 0) is 4.79 Å². The minimum absolute atomic E-state index is 0.344. The zero-order valence-corrected chi connectivity index (χ0v) is 16.8. The van der Waals surface area contributed by atoms with E-state index in [2.05, 4.69) is 19.1 Å². The molecule has 0 bridgehead atoms. The Bertz CT molecular complexity index is 280. The standard InChI is InChI=1S/C23H44O/c1-3-4-5-6-7-8-9-10-11-12-13-14-15-16-17-18-19-20-21-22-23(2)24/h10-11H,3-9,12-22H2,1-2H3/b11-10+. The molecule has 0 rings (SSSR count). The SMILES string of the molecule is CCCCCCCC/C=C/CCCCCCCCCCCC(C)=O. The maximum atomic E-state index is 10.8. The minimum Gasteiger partial charge on any atom is -0.300 e. The maximum Gasteiger partial charge on any atom is 0.129 e. The van der Waals surface area contributed by atoms with Crippen molar-refractivity contribution in [3.05, 3.63) is 12.2 Å². The van der Waals surface area contributed by atoms with Gasteiger partial charge in [0.2, 0.25) is 0 Å². The topological polar surface area (TPSA) is 17.1 Å². The van der Waals surface area contributed by atoms with Gasteiger partial charge in [-0.05, 0) is 39.0 Å². The Morgan fingerprint density at radius 2 is 0.958 bits per heavy atom. The van der Waals surface area contributed by atoms with Gasteiger partial charge in [-0.1, -0.05) is 96.1 Å². The summed E-state index contributed by atoms with van der Waals surface area (Å²) in [5.74, 6) is 0.344. The summed E-state index contributed by atoms with van der Waals surface area (Å²) in [5, 5.41) is 0. The fourth-order valence-electron chi connectivity index (χ4n) is 3.15. The van der Waals surface area contributed by atoms with Gasteiger partial charge in [-0.2, -0.15) is 0 Å². The summed E-state index contributed by atoms with van der Waals surface area (Å²) in [5.41, 5.74) is 0. The van der Waals surface area contributed by atoms with Crippen LogP contribution in [0.3, 0.4) is 0 Å². The third-order valence-electron chi connectivity index (χ3n) is 4.79. The van der Waals surface area contributed by atoms with Gasteiger partial charge in [0, 0.05) is 6.42 Å². The maximum absolute atomic E-state index is 10.8. The first-order valence-electron chi connectivity index (χ1n) is 10.9. The molecule has 0 amide bonds. The highest BCUT2D eigenvalue weighted by Gasteiger charge is 1.95. The zero-order chi connectivity index (χ0) is 17.7. The highest BCUT2D eigenvalue weighted by molar-refractivity contribution is 5.75. The fourth-order valence-corrected chi connectivity index (χ4v) is 3.15. The number of ketones is 1. The lowest BCUT2D eigenvalue weighted by Gasteiger charge is -2.01. The summed E-state index contributed by atoms with van der Waals surface area (Å²) in [7, 11) is 0. The number of unbranched alkanes of at least 4 members (excludes halogenated alkanes) is 15. The van der Waals surface area contributed by atoms with Gasteiger partial charge in [-0.3, -0.25) is 0 Å². The first-order valence-corrected chi connectivity index (χ1v) is 10.9. The summed E-state index contributed by atoms with van der Waals surface area (Å²) in [4.78, 5) is 10.8. The molecule has 0 aromatic heterocycles. The molecule has 142 valence electrons. The van der Waals surface area contributed by atoms with Crippen molar-refractivity contribution in [2.45, 2.75) is 129 Å². The van der Waals surface area contributed by atoms with Crippen molar-refractivity contribution in [3.8, 4) is 0 Å². The molecule has 0 aliphatic heterocycles. The molecule has 0 heterocycles. The molecule has 0 N–H and O–H groups in total. The summed E-state index contributed by atoms with van der Waals surface area (Å²) in [6.07, 6.45) is 28.5. The minimum atomic E-state index is 0.344. The largest absolute Gasteiger partial charge is 0.300 e. The van der Waals surface area contributed by atoms with E-state index in [0.29, 0.717) is 5.78 Å². The third kappa shape index (κ3) is 21.4. The van der Waals surface area contributed by atoms with E-state index in [-0.39, 0.29) is 0 Å². The molecule has 0 aliphatic carbocycles. The normalized spacial score (nSPS) is 11.4. The molecule has 0 aliphatic rings. The van der Waals surface area contributed by atoms with Gasteiger partial charge in [0.05, 0.1) is 0 Å². The quantitative estimate of drug-likeness (QED) is 0.172. The van der Waals surface area contributed by atoms with Gasteiger partial charge >= 0.3 is 0 Å². The predicted molar refractivity (Wildman–Crippen MR) is 109 cm³/mol. The molecular formula is C23H44O. The van der Waals surface area contributed by atoms with Crippen LogP contribution < -0.4 is 0 Å². The molecule has 1 heteroatoms. The second-order valence-electron chi connectivity index (χ2n) is 7.45. The highest BCUT2D eigenvalue weighted by Crippen LogP contribution is 2.12. The average Bonchev–Trinajstić information content (AvgIpc) is 2.56. The van der Waals surface area contributed by atoms with E-state index in [1.807, 2.05) is 0 Å². The van der Waals surface area contributed by atoms with E-state index < -0.39 is 0 Å². The first-order chi connectivity index (χ1) is 11.8. The number of hydrogen-bond donors (Lipinski definition) is 0. The van der Waals surface area contributed by atoms with Crippen LogP contribution in [-0.4, -0.2) is 5.78 Å². The second-order valence-corrected chi connectivity index (χ2v) is 7.45. The fraction of sp³-hybridized carbons (Fsp3) is 0.870. The molecule has 0 aromatic rings. The van der Waals surface area contributed by atoms with Gasteiger partial charge in [0.15, 0.2) is 0 Å². The molecule has 0 aromatic carbocycles. The van der Waals surface area contributed by atoms with Crippen LogP contribution in [0.2, 0.25) is 0 Å². The van der Waals surface area contributed by atoms with Gasteiger partial charge in [-0.15, -0.1) is 0 Å². The van der Waals surface area contributed by atoms with Gasteiger partial charge in [0.1, 0.15) is 5.78 Å².